The molecule has 0 radical (unpaired) electrons. The Morgan fingerprint density at radius 1 is 1.15 bits per heavy atom. The number of halogens is 3. The molecule has 0 aliphatic heterocycles. The number of rotatable bonds is 8. The van der Waals surface area contributed by atoms with Gasteiger partial charge in [-0.15, -0.1) is 13.2 Å². The van der Waals surface area contributed by atoms with Crippen LogP contribution in [-0.4, -0.2) is 44.6 Å². The van der Waals surface area contributed by atoms with E-state index in [0.29, 0.717) is 32.8 Å². The summed E-state index contributed by atoms with van der Waals surface area (Å²) >= 11 is 0. The Morgan fingerprint density at radius 3 is 2.30 bits per heavy atom. The van der Waals surface area contributed by atoms with Gasteiger partial charge < -0.3 is 15.2 Å². The van der Waals surface area contributed by atoms with Crippen LogP contribution in [0, 0.1) is 0 Å². The zero-order chi connectivity index (χ0) is 15.0. The molecule has 0 heterocycles. The van der Waals surface area contributed by atoms with E-state index in [-0.39, 0.29) is 5.75 Å². The first-order chi connectivity index (χ1) is 9.44. The molecule has 4 nitrogen and oxygen atoms in total. The summed E-state index contributed by atoms with van der Waals surface area (Å²) in [5, 5.41) is 0. The molecule has 0 bridgehead atoms. The summed E-state index contributed by atoms with van der Waals surface area (Å²) in [6, 6.07) is 5.83. The highest BCUT2D eigenvalue weighted by atomic mass is 19.4. The summed E-state index contributed by atoms with van der Waals surface area (Å²) in [5.41, 5.74) is 6.41. The van der Waals surface area contributed by atoms with Gasteiger partial charge in [-0.2, -0.15) is 0 Å². The van der Waals surface area contributed by atoms with E-state index < -0.39 is 6.36 Å². The Balaban J connectivity index is 2.58. The molecule has 2 N–H and O–H groups in total. The molecule has 7 heteroatoms. The van der Waals surface area contributed by atoms with Crippen LogP contribution in [0.15, 0.2) is 24.3 Å². The lowest BCUT2D eigenvalue weighted by molar-refractivity contribution is -0.274. The van der Waals surface area contributed by atoms with E-state index in [1.807, 2.05) is 0 Å². The molecule has 0 amide bonds. The molecule has 0 fully saturated rings. The molecule has 0 unspecified atom stereocenters. The summed E-state index contributed by atoms with van der Waals surface area (Å²) in [6.07, 6.45) is -4.66. The summed E-state index contributed by atoms with van der Waals surface area (Å²) < 4.78 is 44.9. The van der Waals surface area contributed by atoms with Gasteiger partial charge in [-0.1, -0.05) is 12.1 Å². The van der Waals surface area contributed by atoms with Crippen molar-refractivity contribution in [1.82, 2.24) is 4.90 Å². The zero-order valence-corrected chi connectivity index (χ0v) is 11.3. The van der Waals surface area contributed by atoms with Crippen LogP contribution in [-0.2, 0) is 11.3 Å². The van der Waals surface area contributed by atoms with Gasteiger partial charge in [-0.05, 0) is 17.7 Å². The van der Waals surface area contributed by atoms with E-state index in [9.17, 15) is 13.2 Å². The van der Waals surface area contributed by atoms with Crippen LogP contribution in [0.3, 0.4) is 0 Å². The Bertz CT molecular complexity index is 382. The van der Waals surface area contributed by atoms with Crippen LogP contribution in [0.1, 0.15) is 5.56 Å². The molecule has 0 aliphatic rings. The number of benzene rings is 1. The predicted molar refractivity (Wildman–Crippen MR) is 69.3 cm³/mol. The maximum atomic E-state index is 12.0. The second-order valence-corrected chi connectivity index (χ2v) is 4.25. The number of nitrogens with zero attached hydrogens (tertiary/aromatic N) is 1. The second-order valence-electron chi connectivity index (χ2n) is 4.25. The van der Waals surface area contributed by atoms with Crippen molar-refractivity contribution in [3.8, 4) is 5.75 Å². The molecule has 1 aromatic carbocycles. The van der Waals surface area contributed by atoms with Gasteiger partial charge in [-0.25, -0.2) is 0 Å². The van der Waals surface area contributed by atoms with Crippen molar-refractivity contribution in [2.24, 2.45) is 5.73 Å². The second kappa shape index (κ2) is 8.08. The van der Waals surface area contributed by atoms with Crippen molar-refractivity contribution in [3.63, 3.8) is 0 Å². The van der Waals surface area contributed by atoms with Crippen molar-refractivity contribution in [1.29, 1.82) is 0 Å². The van der Waals surface area contributed by atoms with Crippen molar-refractivity contribution in [2.75, 3.05) is 33.4 Å². The smallest absolute Gasteiger partial charge is 0.406 e. The first kappa shape index (κ1) is 16.7. The molecule has 0 saturated heterocycles. The molecule has 114 valence electrons. The standard InChI is InChI=1S/C13H19F3N2O2/c1-19-9-8-18(7-6-17)10-11-2-4-12(5-3-11)20-13(14,15)16/h2-5H,6-10,17H2,1H3. The minimum Gasteiger partial charge on any atom is -0.406 e. The molecule has 0 aromatic heterocycles. The minimum atomic E-state index is -4.66. The fourth-order valence-electron chi connectivity index (χ4n) is 1.73. The third-order valence-corrected chi connectivity index (χ3v) is 2.62. The lowest BCUT2D eigenvalue weighted by atomic mass is 10.2. The van der Waals surface area contributed by atoms with E-state index in [1.165, 1.54) is 12.1 Å². The van der Waals surface area contributed by atoms with Gasteiger partial charge in [0.2, 0.25) is 0 Å². The average molecular weight is 292 g/mol. The molecular weight excluding hydrogens is 273 g/mol. The van der Waals surface area contributed by atoms with Crippen molar-refractivity contribution in [3.05, 3.63) is 29.8 Å². The van der Waals surface area contributed by atoms with Gasteiger partial charge in [0, 0.05) is 33.3 Å². The zero-order valence-electron chi connectivity index (χ0n) is 11.3. The fraction of sp³-hybridized carbons (Fsp3) is 0.538. The van der Waals surface area contributed by atoms with Gasteiger partial charge >= 0.3 is 6.36 Å². The van der Waals surface area contributed by atoms with Gasteiger partial charge in [0.1, 0.15) is 5.75 Å². The quantitative estimate of drug-likeness (QED) is 0.796. The highest BCUT2D eigenvalue weighted by Gasteiger charge is 2.30. The molecule has 0 aliphatic carbocycles. The highest BCUT2D eigenvalue weighted by Crippen LogP contribution is 2.23. The summed E-state index contributed by atoms with van der Waals surface area (Å²) in [4.78, 5) is 2.07. The summed E-state index contributed by atoms with van der Waals surface area (Å²) in [5.74, 6) is -0.219. The number of alkyl halides is 3. The summed E-state index contributed by atoms with van der Waals surface area (Å²) in [6.45, 7) is 3.11. The van der Waals surface area contributed by atoms with Gasteiger partial charge in [0.25, 0.3) is 0 Å². The number of hydrogen-bond donors (Lipinski definition) is 1. The fourth-order valence-corrected chi connectivity index (χ4v) is 1.73. The van der Waals surface area contributed by atoms with Crippen LogP contribution < -0.4 is 10.5 Å². The Hall–Kier alpha value is -1.31. The van der Waals surface area contributed by atoms with E-state index in [1.54, 1.807) is 19.2 Å². The van der Waals surface area contributed by atoms with E-state index in [0.717, 1.165) is 5.56 Å². The molecular formula is C13H19F3N2O2. The number of methoxy groups -OCH3 is 1. The monoisotopic (exact) mass is 292 g/mol. The molecule has 20 heavy (non-hydrogen) atoms. The maximum Gasteiger partial charge on any atom is 0.573 e. The number of hydrogen-bond acceptors (Lipinski definition) is 4. The van der Waals surface area contributed by atoms with Crippen LogP contribution in [0.5, 0.6) is 5.75 Å². The maximum absolute atomic E-state index is 12.0. The first-order valence-electron chi connectivity index (χ1n) is 6.20. The minimum absolute atomic E-state index is 0.219. The first-order valence-corrected chi connectivity index (χ1v) is 6.20. The van der Waals surface area contributed by atoms with Crippen molar-refractivity contribution >= 4 is 0 Å². The topological polar surface area (TPSA) is 47.7 Å². The van der Waals surface area contributed by atoms with Crippen LogP contribution in [0.2, 0.25) is 0 Å². The number of nitrogens with two attached hydrogens (primary N) is 1. The van der Waals surface area contributed by atoms with Gasteiger partial charge in [0.15, 0.2) is 0 Å². The van der Waals surface area contributed by atoms with Crippen molar-refractivity contribution < 1.29 is 22.6 Å². The van der Waals surface area contributed by atoms with Crippen LogP contribution in [0.4, 0.5) is 13.2 Å². The van der Waals surface area contributed by atoms with Crippen LogP contribution in [0.25, 0.3) is 0 Å². The Labute approximate surface area is 116 Å². The Kier molecular flexibility index (Phi) is 6.77. The third-order valence-electron chi connectivity index (χ3n) is 2.62. The van der Waals surface area contributed by atoms with E-state index in [4.69, 9.17) is 10.5 Å². The Morgan fingerprint density at radius 2 is 1.80 bits per heavy atom. The molecule has 0 atom stereocenters. The van der Waals surface area contributed by atoms with Gasteiger partial charge in [0.05, 0.1) is 6.61 Å². The summed E-state index contributed by atoms with van der Waals surface area (Å²) in [7, 11) is 1.61. The third kappa shape index (κ3) is 6.74. The molecule has 0 saturated carbocycles. The lowest BCUT2D eigenvalue weighted by Crippen LogP contribution is -2.31. The molecule has 1 rings (SSSR count). The van der Waals surface area contributed by atoms with Gasteiger partial charge in [-0.3, -0.25) is 4.90 Å². The number of ether oxygens (including phenoxy) is 2. The van der Waals surface area contributed by atoms with E-state index >= 15 is 0 Å². The molecule has 1 aromatic rings. The van der Waals surface area contributed by atoms with E-state index in [2.05, 4.69) is 9.64 Å². The molecule has 0 spiro atoms. The van der Waals surface area contributed by atoms with Crippen LogP contribution >= 0.6 is 0 Å². The highest BCUT2D eigenvalue weighted by molar-refractivity contribution is 5.27. The lowest BCUT2D eigenvalue weighted by Gasteiger charge is -2.21. The average Bonchev–Trinajstić information content (AvgIpc) is 2.37. The SMILES string of the molecule is COCCN(CCN)Cc1ccc(OC(F)(F)F)cc1. The predicted octanol–water partition coefficient (Wildman–Crippen LogP) is 1.99. The van der Waals surface area contributed by atoms with Crippen molar-refractivity contribution in [2.45, 2.75) is 12.9 Å². The largest absolute Gasteiger partial charge is 0.573 e. The normalized spacial score (nSPS) is 11.9.